The number of nitrogens with one attached hydrogen (secondary N) is 1. The Hall–Kier alpha value is -0.830. The maximum absolute atomic E-state index is 4.50. The van der Waals surface area contributed by atoms with E-state index >= 15 is 0 Å². The van der Waals surface area contributed by atoms with Gasteiger partial charge in [0.2, 0.25) is 0 Å². The van der Waals surface area contributed by atoms with Crippen LogP contribution in [-0.4, -0.2) is 16.8 Å². The van der Waals surface area contributed by atoms with Gasteiger partial charge in [0.25, 0.3) is 0 Å². The molecule has 1 aliphatic carbocycles. The molecule has 3 nitrogen and oxygen atoms in total. The van der Waals surface area contributed by atoms with Crippen molar-refractivity contribution in [1.29, 1.82) is 0 Å². The van der Waals surface area contributed by atoms with Gasteiger partial charge >= 0.3 is 0 Å². The zero-order valence-corrected chi connectivity index (χ0v) is 11.2. The summed E-state index contributed by atoms with van der Waals surface area (Å²) in [6.07, 6.45) is 12.4. The SMILES string of the molecule is CCC(NC)c1cnn(CC2CCCCC2)c1. The first kappa shape index (κ1) is 12.6. The molecule has 96 valence electrons. The Morgan fingerprint density at radius 1 is 1.41 bits per heavy atom. The van der Waals surface area contributed by atoms with Gasteiger partial charge in [-0.2, -0.15) is 5.10 Å². The van der Waals surface area contributed by atoms with Crippen LogP contribution in [0.25, 0.3) is 0 Å². The van der Waals surface area contributed by atoms with E-state index in [1.165, 1.54) is 37.7 Å². The second kappa shape index (κ2) is 6.20. The molecule has 1 N–H and O–H groups in total. The van der Waals surface area contributed by atoms with Crippen molar-refractivity contribution in [1.82, 2.24) is 15.1 Å². The van der Waals surface area contributed by atoms with Crippen LogP contribution in [-0.2, 0) is 6.54 Å². The van der Waals surface area contributed by atoms with E-state index in [2.05, 4.69) is 28.2 Å². The van der Waals surface area contributed by atoms with Crippen LogP contribution in [0.4, 0.5) is 0 Å². The Bertz CT molecular complexity index is 322. The van der Waals surface area contributed by atoms with E-state index in [0.717, 1.165) is 18.9 Å². The lowest BCUT2D eigenvalue weighted by Gasteiger charge is -2.21. The number of nitrogens with zero attached hydrogens (tertiary/aromatic N) is 2. The van der Waals surface area contributed by atoms with Gasteiger partial charge in [-0.15, -0.1) is 0 Å². The topological polar surface area (TPSA) is 29.9 Å². The Kier molecular flexibility index (Phi) is 4.60. The highest BCUT2D eigenvalue weighted by Gasteiger charge is 2.15. The van der Waals surface area contributed by atoms with E-state index in [0.29, 0.717) is 6.04 Å². The summed E-state index contributed by atoms with van der Waals surface area (Å²) in [6.45, 7) is 3.32. The van der Waals surface area contributed by atoms with E-state index in [4.69, 9.17) is 0 Å². The average molecular weight is 235 g/mol. The zero-order chi connectivity index (χ0) is 12.1. The minimum absolute atomic E-state index is 0.454. The number of hydrogen-bond acceptors (Lipinski definition) is 2. The molecule has 1 unspecified atom stereocenters. The van der Waals surface area contributed by atoms with Gasteiger partial charge in [-0.1, -0.05) is 26.2 Å². The van der Waals surface area contributed by atoms with Crippen molar-refractivity contribution in [2.45, 2.75) is 58.0 Å². The van der Waals surface area contributed by atoms with Crippen molar-refractivity contribution in [2.24, 2.45) is 5.92 Å². The van der Waals surface area contributed by atoms with Crippen LogP contribution >= 0.6 is 0 Å². The van der Waals surface area contributed by atoms with Crippen LogP contribution < -0.4 is 5.32 Å². The quantitative estimate of drug-likeness (QED) is 0.849. The summed E-state index contributed by atoms with van der Waals surface area (Å²) in [5.74, 6) is 0.853. The van der Waals surface area contributed by atoms with Gasteiger partial charge in [0.05, 0.1) is 6.20 Å². The van der Waals surface area contributed by atoms with Crippen LogP contribution in [0, 0.1) is 5.92 Å². The molecule has 1 aromatic heterocycles. The van der Waals surface area contributed by atoms with Gasteiger partial charge in [0.15, 0.2) is 0 Å². The fourth-order valence-corrected chi connectivity index (χ4v) is 2.90. The standard InChI is InChI=1S/C14H25N3/c1-3-14(15-2)13-9-16-17(11-13)10-12-7-5-4-6-8-12/h9,11-12,14-15H,3-8,10H2,1-2H3. The van der Waals surface area contributed by atoms with E-state index in [-0.39, 0.29) is 0 Å². The second-order valence-electron chi connectivity index (χ2n) is 5.25. The summed E-state index contributed by atoms with van der Waals surface area (Å²) >= 11 is 0. The summed E-state index contributed by atoms with van der Waals surface area (Å²) in [5, 5.41) is 7.84. The Balaban J connectivity index is 1.93. The van der Waals surface area contributed by atoms with Crippen molar-refractivity contribution in [3.05, 3.63) is 18.0 Å². The van der Waals surface area contributed by atoms with Crippen molar-refractivity contribution in [2.75, 3.05) is 7.05 Å². The molecular weight excluding hydrogens is 210 g/mol. The zero-order valence-electron chi connectivity index (χ0n) is 11.2. The molecular formula is C14H25N3. The molecule has 1 saturated carbocycles. The van der Waals surface area contributed by atoms with E-state index in [1.807, 2.05) is 13.2 Å². The lowest BCUT2D eigenvalue weighted by atomic mass is 9.89. The summed E-state index contributed by atoms with van der Waals surface area (Å²) in [5.41, 5.74) is 1.32. The highest BCUT2D eigenvalue weighted by Crippen LogP contribution is 2.25. The first-order chi connectivity index (χ1) is 8.33. The molecule has 1 fully saturated rings. The van der Waals surface area contributed by atoms with Gasteiger partial charge < -0.3 is 5.32 Å². The molecule has 0 amide bonds. The molecule has 0 aliphatic heterocycles. The third-order valence-corrected chi connectivity index (χ3v) is 3.98. The molecule has 1 aliphatic rings. The maximum Gasteiger partial charge on any atom is 0.0537 e. The van der Waals surface area contributed by atoms with Crippen LogP contribution in [0.3, 0.4) is 0 Å². The lowest BCUT2D eigenvalue weighted by molar-refractivity contribution is 0.308. The first-order valence-electron chi connectivity index (χ1n) is 7.03. The third-order valence-electron chi connectivity index (χ3n) is 3.98. The molecule has 3 heteroatoms. The molecule has 1 aromatic rings. The fraction of sp³-hybridized carbons (Fsp3) is 0.786. The number of rotatable bonds is 5. The van der Waals surface area contributed by atoms with Crippen LogP contribution in [0.5, 0.6) is 0 Å². The third kappa shape index (κ3) is 3.32. The molecule has 0 saturated heterocycles. The highest BCUT2D eigenvalue weighted by molar-refractivity contribution is 5.09. The predicted octanol–water partition coefficient (Wildman–Crippen LogP) is 3.13. The van der Waals surface area contributed by atoms with Crippen molar-refractivity contribution in [3.8, 4) is 0 Å². The Morgan fingerprint density at radius 3 is 2.82 bits per heavy atom. The predicted molar refractivity (Wildman–Crippen MR) is 70.9 cm³/mol. The van der Waals surface area contributed by atoms with Gasteiger partial charge in [-0.05, 0) is 32.2 Å². The molecule has 0 bridgehead atoms. The van der Waals surface area contributed by atoms with Crippen molar-refractivity contribution >= 4 is 0 Å². The van der Waals surface area contributed by atoms with E-state index < -0.39 is 0 Å². The highest BCUT2D eigenvalue weighted by atomic mass is 15.3. The second-order valence-corrected chi connectivity index (χ2v) is 5.25. The fourth-order valence-electron chi connectivity index (χ4n) is 2.90. The summed E-state index contributed by atoms with van der Waals surface area (Å²) in [7, 11) is 2.02. The molecule has 0 aromatic carbocycles. The van der Waals surface area contributed by atoms with Gasteiger partial charge in [0.1, 0.15) is 0 Å². The molecule has 2 rings (SSSR count). The van der Waals surface area contributed by atoms with Crippen LogP contribution in [0.1, 0.15) is 57.1 Å². The minimum Gasteiger partial charge on any atom is -0.313 e. The van der Waals surface area contributed by atoms with Gasteiger partial charge in [0, 0.05) is 24.3 Å². The maximum atomic E-state index is 4.50. The smallest absolute Gasteiger partial charge is 0.0537 e. The molecule has 1 atom stereocenters. The molecule has 0 spiro atoms. The first-order valence-corrected chi connectivity index (χ1v) is 7.03. The normalized spacial score (nSPS) is 19.4. The lowest BCUT2D eigenvalue weighted by Crippen LogP contribution is -2.15. The van der Waals surface area contributed by atoms with Crippen LogP contribution in [0.2, 0.25) is 0 Å². The average Bonchev–Trinajstić information content (AvgIpc) is 2.81. The number of hydrogen-bond donors (Lipinski definition) is 1. The molecule has 1 heterocycles. The van der Waals surface area contributed by atoms with Crippen molar-refractivity contribution < 1.29 is 0 Å². The molecule has 0 radical (unpaired) electrons. The summed E-state index contributed by atoms with van der Waals surface area (Å²) < 4.78 is 2.14. The number of aromatic nitrogens is 2. The minimum atomic E-state index is 0.454. The Morgan fingerprint density at radius 2 is 2.18 bits per heavy atom. The van der Waals surface area contributed by atoms with Gasteiger partial charge in [-0.25, -0.2) is 0 Å². The van der Waals surface area contributed by atoms with Gasteiger partial charge in [-0.3, -0.25) is 4.68 Å². The summed E-state index contributed by atoms with van der Waals surface area (Å²) in [4.78, 5) is 0. The summed E-state index contributed by atoms with van der Waals surface area (Å²) in [6, 6.07) is 0.454. The monoisotopic (exact) mass is 235 g/mol. The Labute approximate surface area is 105 Å². The van der Waals surface area contributed by atoms with Crippen LogP contribution in [0.15, 0.2) is 12.4 Å². The van der Waals surface area contributed by atoms with Crippen molar-refractivity contribution in [3.63, 3.8) is 0 Å². The van der Waals surface area contributed by atoms with E-state index in [1.54, 1.807) is 0 Å². The molecule has 17 heavy (non-hydrogen) atoms. The van der Waals surface area contributed by atoms with E-state index in [9.17, 15) is 0 Å². The largest absolute Gasteiger partial charge is 0.313 e.